The summed E-state index contributed by atoms with van der Waals surface area (Å²) in [5.41, 5.74) is 3.16. The van der Waals surface area contributed by atoms with Crippen molar-refractivity contribution < 1.29 is 9.90 Å². The molecular weight excluding hydrogens is 314 g/mol. The van der Waals surface area contributed by atoms with Crippen LogP contribution in [-0.4, -0.2) is 26.1 Å². The van der Waals surface area contributed by atoms with Crippen molar-refractivity contribution in [3.8, 4) is 11.3 Å². The zero-order valence-electron chi connectivity index (χ0n) is 12.4. The number of aromatic carboxylic acids is 1. The smallest absolute Gasteiger partial charge is 0.358 e. The molecule has 0 aliphatic carbocycles. The Balaban J connectivity index is 2.09. The lowest BCUT2D eigenvalue weighted by molar-refractivity contribution is 0.0691. The third-order valence-electron chi connectivity index (χ3n) is 3.45. The van der Waals surface area contributed by atoms with Gasteiger partial charge in [-0.25, -0.2) is 9.48 Å². The summed E-state index contributed by atoms with van der Waals surface area (Å²) >= 11 is 6.00. The Kier molecular flexibility index (Phi) is 4.12. The number of carbonyl (C=O) groups is 1. The lowest BCUT2D eigenvalue weighted by Gasteiger charge is -2.08. The van der Waals surface area contributed by atoms with Crippen molar-refractivity contribution in [1.29, 1.82) is 0 Å². The topological polar surface area (TPSA) is 68.0 Å². The number of aryl methyl sites for hydroxylation is 1. The molecule has 0 saturated carbocycles. The molecule has 0 atom stereocenters. The summed E-state index contributed by atoms with van der Waals surface area (Å²) in [6.07, 6.45) is 0. The second kappa shape index (κ2) is 6.22. The van der Waals surface area contributed by atoms with Gasteiger partial charge in [-0.1, -0.05) is 52.7 Å². The van der Waals surface area contributed by atoms with Crippen LogP contribution >= 0.6 is 11.6 Å². The van der Waals surface area contributed by atoms with Gasteiger partial charge >= 0.3 is 5.97 Å². The van der Waals surface area contributed by atoms with Gasteiger partial charge in [0.05, 0.1) is 6.54 Å². The van der Waals surface area contributed by atoms with Gasteiger partial charge in [-0.05, 0) is 30.7 Å². The normalized spacial score (nSPS) is 10.7. The van der Waals surface area contributed by atoms with Crippen LogP contribution in [0.1, 0.15) is 21.6 Å². The molecule has 1 aromatic heterocycles. The van der Waals surface area contributed by atoms with Crippen LogP contribution in [0.4, 0.5) is 0 Å². The minimum absolute atomic E-state index is 0.0578. The Labute approximate surface area is 138 Å². The number of benzene rings is 2. The molecular formula is C17H14ClN3O2. The first kappa shape index (κ1) is 15.2. The van der Waals surface area contributed by atoms with E-state index in [9.17, 15) is 9.90 Å². The number of aromatic nitrogens is 3. The van der Waals surface area contributed by atoms with E-state index in [1.54, 1.807) is 10.7 Å². The number of hydrogen-bond donors (Lipinski definition) is 1. The van der Waals surface area contributed by atoms with Crippen LogP contribution in [-0.2, 0) is 6.54 Å². The van der Waals surface area contributed by atoms with Gasteiger partial charge in [0.2, 0.25) is 0 Å². The van der Waals surface area contributed by atoms with Crippen LogP contribution in [0.25, 0.3) is 11.3 Å². The Morgan fingerprint density at radius 2 is 2.00 bits per heavy atom. The number of nitrogens with zero attached hydrogens (tertiary/aromatic N) is 3. The highest BCUT2D eigenvalue weighted by molar-refractivity contribution is 6.30. The minimum atomic E-state index is -1.10. The monoisotopic (exact) mass is 327 g/mol. The standard InChI is InChI=1S/C17H14ClN3O2/c1-11-4-2-6-13(8-11)16-15(17(22)23)19-20-21(16)10-12-5-3-7-14(18)9-12/h2-9H,10H2,1H3,(H,22,23). The number of carboxylic acid groups (broad SMARTS) is 1. The summed E-state index contributed by atoms with van der Waals surface area (Å²) in [5.74, 6) is -1.10. The van der Waals surface area contributed by atoms with Crippen molar-refractivity contribution in [3.63, 3.8) is 0 Å². The largest absolute Gasteiger partial charge is 0.476 e. The van der Waals surface area contributed by atoms with Gasteiger partial charge in [0.15, 0.2) is 5.69 Å². The van der Waals surface area contributed by atoms with E-state index in [4.69, 9.17) is 11.6 Å². The lowest BCUT2D eigenvalue weighted by atomic mass is 10.1. The number of rotatable bonds is 4. The third-order valence-corrected chi connectivity index (χ3v) is 3.69. The highest BCUT2D eigenvalue weighted by Gasteiger charge is 2.20. The van der Waals surface area contributed by atoms with Gasteiger partial charge in [0.1, 0.15) is 5.69 Å². The second-order valence-electron chi connectivity index (χ2n) is 5.25. The van der Waals surface area contributed by atoms with Crippen molar-refractivity contribution in [1.82, 2.24) is 15.0 Å². The van der Waals surface area contributed by atoms with E-state index in [2.05, 4.69) is 10.3 Å². The van der Waals surface area contributed by atoms with Gasteiger partial charge in [0, 0.05) is 10.6 Å². The molecule has 3 rings (SSSR count). The molecule has 0 radical (unpaired) electrons. The van der Waals surface area contributed by atoms with Gasteiger partial charge in [-0.3, -0.25) is 0 Å². The Bertz CT molecular complexity index is 874. The lowest BCUT2D eigenvalue weighted by Crippen LogP contribution is -2.06. The average molecular weight is 328 g/mol. The summed E-state index contributed by atoms with van der Waals surface area (Å²) in [6, 6.07) is 15.0. The Morgan fingerprint density at radius 3 is 2.70 bits per heavy atom. The van der Waals surface area contributed by atoms with E-state index in [1.807, 2.05) is 49.4 Å². The van der Waals surface area contributed by atoms with Crippen LogP contribution in [0.3, 0.4) is 0 Å². The van der Waals surface area contributed by atoms with E-state index in [0.29, 0.717) is 17.3 Å². The fourth-order valence-electron chi connectivity index (χ4n) is 2.45. The molecule has 0 saturated heterocycles. The molecule has 0 aliphatic rings. The van der Waals surface area contributed by atoms with E-state index in [-0.39, 0.29) is 5.69 Å². The molecule has 5 nitrogen and oxygen atoms in total. The molecule has 0 spiro atoms. The van der Waals surface area contributed by atoms with Crippen molar-refractivity contribution in [2.24, 2.45) is 0 Å². The van der Waals surface area contributed by atoms with Gasteiger partial charge in [-0.15, -0.1) is 5.10 Å². The minimum Gasteiger partial charge on any atom is -0.476 e. The molecule has 1 N–H and O–H groups in total. The fraction of sp³-hybridized carbons (Fsp3) is 0.118. The highest BCUT2D eigenvalue weighted by Crippen LogP contribution is 2.24. The SMILES string of the molecule is Cc1cccc(-c2c(C(=O)O)nnn2Cc2cccc(Cl)c2)c1. The van der Waals surface area contributed by atoms with E-state index in [0.717, 1.165) is 16.7 Å². The van der Waals surface area contributed by atoms with Crippen LogP contribution in [0, 0.1) is 6.92 Å². The van der Waals surface area contributed by atoms with Gasteiger partial charge in [0.25, 0.3) is 0 Å². The molecule has 3 aromatic rings. The maximum Gasteiger partial charge on any atom is 0.358 e. The van der Waals surface area contributed by atoms with Crippen molar-refractivity contribution >= 4 is 17.6 Å². The van der Waals surface area contributed by atoms with Crippen molar-refractivity contribution in [2.75, 3.05) is 0 Å². The molecule has 0 amide bonds. The number of halogens is 1. The molecule has 0 fully saturated rings. The molecule has 116 valence electrons. The average Bonchev–Trinajstić information content (AvgIpc) is 2.91. The van der Waals surface area contributed by atoms with E-state index in [1.165, 1.54) is 0 Å². The van der Waals surface area contributed by atoms with E-state index < -0.39 is 5.97 Å². The first-order valence-electron chi connectivity index (χ1n) is 7.03. The zero-order valence-corrected chi connectivity index (χ0v) is 13.2. The van der Waals surface area contributed by atoms with Crippen LogP contribution in [0.5, 0.6) is 0 Å². The summed E-state index contributed by atoms with van der Waals surface area (Å²) < 4.78 is 1.59. The third kappa shape index (κ3) is 3.24. The van der Waals surface area contributed by atoms with Gasteiger partial charge in [-0.2, -0.15) is 0 Å². The van der Waals surface area contributed by atoms with Crippen LogP contribution in [0.15, 0.2) is 48.5 Å². The fourth-order valence-corrected chi connectivity index (χ4v) is 2.67. The van der Waals surface area contributed by atoms with Crippen LogP contribution < -0.4 is 0 Å². The maximum atomic E-state index is 11.5. The molecule has 0 bridgehead atoms. The molecule has 0 unspecified atom stereocenters. The Morgan fingerprint density at radius 1 is 1.22 bits per heavy atom. The predicted molar refractivity (Wildman–Crippen MR) is 87.7 cm³/mol. The predicted octanol–water partition coefficient (Wildman–Crippen LogP) is 3.65. The molecule has 23 heavy (non-hydrogen) atoms. The quantitative estimate of drug-likeness (QED) is 0.794. The van der Waals surface area contributed by atoms with Crippen molar-refractivity contribution in [3.05, 3.63) is 70.4 Å². The zero-order chi connectivity index (χ0) is 16.4. The first-order chi connectivity index (χ1) is 11.0. The summed E-state index contributed by atoms with van der Waals surface area (Å²) in [6.45, 7) is 2.35. The van der Waals surface area contributed by atoms with Crippen molar-refractivity contribution in [2.45, 2.75) is 13.5 Å². The van der Waals surface area contributed by atoms with E-state index >= 15 is 0 Å². The summed E-state index contributed by atoms with van der Waals surface area (Å²) in [7, 11) is 0. The summed E-state index contributed by atoms with van der Waals surface area (Å²) in [5, 5.41) is 17.8. The van der Waals surface area contributed by atoms with Crippen LogP contribution in [0.2, 0.25) is 5.02 Å². The Hall–Kier alpha value is -2.66. The molecule has 1 heterocycles. The molecule has 6 heteroatoms. The second-order valence-corrected chi connectivity index (χ2v) is 5.69. The molecule has 2 aromatic carbocycles. The number of hydrogen-bond acceptors (Lipinski definition) is 3. The summed E-state index contributed by atoms with van der Waals surface area (Å²) in [4.78, 5) is 11.5. The molecule has 0 aliphatic heterocycles. The first-order valence-corrected chi connectivity index (χ1v) is 7.40. The highest BCUT2D eigenvalue weighted by atomic mass is 35.5. The number of carboxylic acids is 1. The maximum absolute atomic E-state index is 11.5. The van der Waals surface area contributed by atoms with Gasteiger partial charge < -0.3 is 5.11 Å².